The normalized spacial score (nSPS) is 21.9. The third kappa shape index (κ3) is 8.03. The van der Waals surface area contributed by atoms with Gasteiger partial charge in [-0.1, -0.05) is 0 Å². The van der Waals surface area contributed by atoms with Crippen LogP contribution in [0, 0.1) is 17.3 Å². The summed E-state index contributed by atoms with van der Waals surface area (Å²) in [5.74, 6) is -0.563. The van der Waals surface area contributed by atoms with Gasteiger partial charge >= 0.3 is 203 Å². The summed E-state index contributed by atoms with van der Waals surface area (Å²) in [5.41, 5.74) is -1.20. The second-order valence-electron chi connectivity index (χ2n) is 12.2. The van der Waals surface area contributed by atoms with E-state index < -0.39 is 43.8 Å². The van der Waals surface area contributed by atoms with Crippen LogP contribution < -0.4 is 0 Å². The Balaban J connectivity index is 3.24. The van der Waals surface area contributed by atoms with Crippen molar-refractivity contribution in [1.82, 2.24) is 0 Å². The number of hydrogen-bond acceptors (Lipinski definition) is 4. The van der Waals surface area contributed by atoms with Crippen LogP contribution in [-0.2, 0) is 19.1 Å². The molecule has 0 N–H and O–H groups in total. The van der Waals surface area contributed by atoms with Crippen molar-refractivity contribution in [2.24, 2.45) is 17.3 Å². The van der Waals surface area contributed by atoms with E-state index in [1.165, 1.54) is 0 Å². The maximum absolute atomic E-state index is 13.0. The Morgan fingerprint density at radius 3 is 1.75 bits per heavy atom. The molecule has 2 atom stereocenters. The van der Waals surface area contributed by atoms with Gasteiger partial charge in [0.25, 0.3) is 0 Å². The van der Waals surface area contributed by atoms with Gasteiger partial charge in [0.2, 0.25) is 0 Å². The number of carbonyl (C=O) groups excluding carboxylic acids is 2. The summed E-state index contributed by atoms with van der Waals surface area (Å²) in [6, 6.07) is 1.09. The van der Waals surface area contributed by atoms with Gasteiger partial charge in [0, 0.05) is 0 Å². The van der Waals surface area contributed by atoms with Crippen molar-refractivity contribution < 1.29 is 19.1 Å². The Morgan fingerprint density at radius 1 is 0.938 bits per heavy atom. The van der Waals surface area contributed by atoms with Crippen molar-refractivity contribution in [3.05, 3.63) is 24.3 Å². The number of carbonyl (C=O) groups is 2. The number of ether oxygens (including phenoxy) is 2. The predicted molar refractivity (Wildman–Crippen MR) is 140 cm³/mol. The predicted octanol–water partition coefficient (Wildman–Crippen LogP) is 7.08. The maximum atomic E-state index is 13.0. The van der Waals surface area contributed by atoms with Crippen LogP contribution in [0.3, 0.4) is 0 Å². The molecule has 4 nitrogen and oxygen atoms in total. The second-order valence-corrected chi connectivity index (χ2v) is 33.7. The Labute approximate surface area is 202 Å². The Bertz CT molecular complexity index is 680. The zero-order valence-electron chi connectivity index (χ0n) is 22.3. The topological polar surface area (TPSA) is 52.6 Å². The standard InChI is InChI=1S/C23H39O4Si.3CH3.Sn/c1-9-13-18-16-23(20(24)26-10-2,21(25)27-11-3)17-19(18)14-12-15-28(7,8)22(4,5)6;;;;/h9,12-14,18-19H,1,10-11,15-17H2,2-8H3;3*1H3;/b13-9+,14-12+;;;;/t18-,19-;;;;/m1..../s1. The summed E-state index contributed by atoms with van der Waals surface area (Å²) in [4.78, 5) is 33.3. The molecule has 1 rings (SSSR count). The molecular weight excluding hydrogens is 523 g/mol. The van der Waals surface area contributed by atoms with E-state index in [2.05, 4.69) is 73.0 Å². The molecule has 184 valence electrons. The molecule has 0 saturated heterocycles. The minimum atomic E-state index is -1.93. The molecule has 1 aliphatic carbocycles. The molecule has 0 aliphatic heterocycles. The first-order chi connectivity index (χ1) is 14.6. The molecule has 1 saturated carbocycles. The van der Waals surface area contributed by atoms with E-state index in [9.17, 15) is 9.59 Å². The van der Waals surface area contributed by atoms with Crippen molar-refractivity contribution >= 4 is 38.4 Å². The number of hydrogen-bond donors (Lipinski definition) is 0. The SMILES string of the molecule is CCOC(=O)C1(C(=O)OCC)C[C@@H](/C=C/C[Si](C)(C)C(C)(C)C)[C@H](/C=C/[CH2][Sn]([CH3])([CH3])[CH3])C1. The van der Waals surface area contributed by atoms with Crippen LogP contribution >= 0.6 is 0 Å². The van der Waals surface area contributed by atoms with Gasteiger partial charge in [-0.05, 0) is 0 Å². The molecule has 0 unspecified atom stereocenters. The molecule has 0 amide bonds. The van der Waals surface area contributed by atoms with Crippen molar-refractivity contribution in [2.45, 2.75) is 90.9 Å². The van der Waals surface area contributed by atoms with Gasteiger partial charge in [0.1, 0.15) is 0 Å². The van der Waals surface area contributed by atoms with Crippen molar-refractivity contribution in [1.29, 1.82) is 0 Å². The van der Waals surface area contributed by atoms with Gasteiger partial charge in [0.15, 0.2) is 0 Å². The van der Waals surface area contributed by atoms with E-state index in [1.807, 2.05) is 0 Å². The molecule has 0 aromatic rings. The summed E-state index contributed by atoms with van der Waals surface area (Å²) in [6.45, 7) is 16.0. The van der Waals surface area contributed by atoms with Gasteiger partial charge in [0.05, 0.1) is 0 Å². The first kappa shape index (κ1) is 29.5. The van der Waals surface area contributed by atoms with E-state index in [0.717, 1.165) is 10.5 Å². The first-order valence-corrected chi connectivity index (χ1v) is 26.1. The summed E-state index contributed by atoms with van der Waals surface area (Å²) >= 11 is -1.93. The number of esters is 2. The van der Waals surface area contributed by atoms with Crippen LogP contribution in [0.15, 0.2) is 24.3 Å². The van der Waals surface area contributed by atoms with Gasteiger partial charge in [-0.3, -0.25) is 0 Å². The fraction of sp³-hybridized carbons (Fsp3) is 0.769. The van der Waals surface area contributed by atoms with Crippen LogP contribution in [0.5, 0.6) is 0 Å². The molecule has 1 aliphatic rings. The van der Waals surface area contributed by atoms with Crippen LogP contribution in [0.1, 0.15) is 47.5 Å². The molecule has 0 bridgehead atoms. The minimum absolute atomic E-state index is 0.139. The third-order valence-electron chi connectivity index (χ3n) is 7.21. The Hall–Kier alpha value is -0.564. The summed E-state index contributed by atoms with van der Waals surface area (Å²) in [5, 5.41) is 0.325. The van der Waals surface area contributed by atoms with Crippen molar-refractivity contribution in [3.8, 4) is 0 Å². The molecule has 0 aromatic carbocycles. The molecule has 6 heteroatoms. The van der Waals surface area contributed by atoms with Gasteiger partial charge < -0.3 is 0 Å². The van der Waals surface area contributed by atoms with Gasteiger partial charge in [-0.15, -0.1) is 0 Å². The molecule has 0 spiro atoms. The van der Waals surface area contributed by atoms with Crippen LogP contribution in [0.2, 0.25) is 43.4 Å². The summed E-state index contributed by atoms with van der Waals surface area (Å²) < 4.78 is 11.9. The van der Waals surface area contributed by atoms with Gasteiger partial charge in [-0.2, -0.15) is 0 Å². The van der Waals surface area contributed by atoms with Gasteiger partial charge in [-0.25, -0.2) is 0 Å². The summed E-state index contributed by atoms with van der Waals surface area (Å²) in [7, 11) is -1.43. The van der Waals surface area contributed by atoms with E-state index in [-0.39, 0.29) is 25.0 Å². The zero-order chi connectivity index (χ0) is 24.8. The molecule has 0 radical (unpaired) electrons. The fourth-order valence-electron chi connectivity index (χ4n) is 4.01. The Morgan fingerprint density at radius 2 is 1.38 bits per heavy atom. The quantitative estimate of drug-likeness (QED) is 0.122. The van der Waals surface area contributed by atoms with E-state index >= 15 is 0 Å². The van der Waals surface area contributed by atoms with E-state index in [1.54, 1.807) is 13.8 Å². The second kappa shape index (κ2) is 11.7. The number of rotatable bonds is 10. The molecule has 0 heterocycles. The molecular formula is C26H48O4SiSn. The van der Waals surface area contributed by atoms with Crippen LogP contribution in [0.25, 0.3) is 0 Å². The fourth-order valence-corrected chi connectivity index (χ4v) is 7.75. The summed E-state index contributed by atoms with van der Waals surface area (Å²) in [6.07, 6.45) is 10.1. The van der Waals surface area contributed by atoms with Crippen LogP contribution in [0.4, 0.5) is 0 Å². The molecule has 32 heavy (non-hydrogen) atoms. The van der Waals surface area contributed by atoms with Crippen LogP contribution in [-0.4, -0.2) is 51.6 Å². The van der Waals surface area contributed by atoms with Crippen molar-refractivity contribution in [3.63, 3.8) is 0 Å². The zero-order valence-corrected chi connectivity index (χ0v) is 26.2. The first-order valence-electron chi connectivity index (χ1n) is 12.3. The van der Waals surface area contributed by atoms with E-state index in [4.69, 9.17) is 9.47 Å². The number of allylic oxidation sites excluding steroid dienone is 4. The third-order valence-corrected chi connectivity index (χ3v) is 16.7. The van der Waals surface area contributed by atoms with Crippen molar-refractivity contribution in [2.75, 3.05) is 13.2 Å². The average molecular weight is 571 g/mol. The average Bonchev–Trinajstić information content (AvgIpc) is 3.00. The Kier molecular flexibility index (Phi) is 10.8. The van der Waals surface area contributed by atoms with E-state index in [0.29, 0.717) is 17.9 Å². The molecule has 0 aromatic heterocycles. The molecule has 1 fully saturated rings. The monoisotopic (exact) mass is 572 g/mol.